The minimum atomic E-state index is -4.80. The van der Waals surface area contributed by atoms with Gasteiger partial charge >= 0.3 is 18.2 Å². The first kappa shape index (κ1) is 23.7. The first-order chi connectivity index (χ1) is 12.7. The Kier molecular flexibility index (Phi) is 7.41. The second-order valence-electron chi connectivity index (χ2n) is 7.55. The van der Waals surface area contributed by atoms with E-state index >= 15 is 0 Å². The number of ether oxygens (including phenoxy) is 2. The second kappa shape index (κ2) is 8.76. The number of halogens is 3. The number of hydrogen-bond acceptors (Lipinski definition) is 5. The Bertz CT molecular complexity index is 704. The van der Waals surface area contributed by atoms with E-state index in [1.165, 1.54) is 12.2 Å². The van der Waals surface area contributed by atoms with E-state index in [-0.39, 0.29) is 23.9 Å². The maximum atomic E-state index is 13.7. The Morgan fingerprint density at radius 2 is 1.86 bits per heavy atom. The Labute approximate surface area is 162 Å². The molecule has 1 amide bonds. The summed E-state index contributed by atoms with van der Waals surface area (Å²) in [5.41, 5.74) is -3.32. The van der Waals surface area contributed by atoms with Gasteiger partial charge in [0.25, 0.3) is 0 Å². The fraction of sp³-hybridized carbons (Fsp3) is 0.611. The van der Waals surface area contributed by atoms with Crippen LogP contribution in [0.1, 0.15) is 41.5 Å². The standard InChI is InChI=1S/C18H26F3N3O4/c1-7-27-15(25)13(22)11-8-24(16(26)28-17(4,5)6)9-12(18(19,20)21)14(11)23-10(2)3/h9-10,22-23H,7-8H2,1-6H3/p+1. The number of esters is 1. The normalized spacial score (nSPS) is 15.5. The first-order valence-electron chi connectivity index (χ1n) is 8.80. The van der Waals surface area contributed by atoms with Gasteiger partial charge in [-0.15, -0.1) is 0 Å². The van der Waals surface area contributed by atoms with Crippen LogP contribution in [0.2, 0.25) is 0 Å². The molecule has 0 spiro atoms. The summed E-state index contributed by atoms with van der Waals surface area (Å²) in [4.78, 5) is 25.1. The average molecular weight is 406 g/mol. The van der Waals surface area contributed by atoms with Gasteiger partial charge in [0.1, 0.15) is 11.2 Å². The molecule has 7 nitrogen and oxygen atoms in total. The molecule has 0 atom stereocenters. The molecule has 1 heterocycles. The Hall–Kier alpha value is -2.36. The Morgan fingerprint density at radius 3 is 2.29 bits per heavy atom. The van der Waals surface area contributed by atoms with Crippen LogP contribution >= 0.6 is 0 Å². The fourth-order valence-electron chi connectivity index (χ4n) is 2.42. The molecule has 0 bridgehead atoms. The van der Waals surface area contributed by atoms with Gasteiger partial charge in [-0.1, -0.05) is 0 Å². The summed E-state index contributed by atoms with van der Waals surface area (Å²) in [6.45, 7) is 9.17. The van der Waals surface area contributed by atoms with Crippen molar-refractivity contribution in [3.05, 3.63) is 23.0 Å². The van der Waals surface area contributed by atoms with Crippen molar-refractivity contribution in [3.63, 3.8) is 0 Å². The number of rotatable bonds is 5. The molecule has 3 N–H and O–H groups in total. The number of hydrogen-bond donors (Lipinski definition) is 2. The van der Waals surface area contributed by atoms with E-state index in [1.54, 1.807) is 34.6 Å². The van der Waals surface area contributed by atoms with Crippen molar-refractivity contribution in [3.8, 4) is 0 Å². The molecule has 1 rings (SSSR count). The lowest BCUT2D eigenvalue weighted by molar-refractivity contribution is -0.635. The fourth-order valence-corrected chi connectivity index (χ4v) is 2.42. The van der Waals surface area contributed by atoms with Crippen LogP contribution in [0.4, 0.5) is 18.0 Å². The number of carbonyl (C=O) groups is 2. The number of carbonyl (C=O) groups excluding carboxylic acids is 2. The van der Waals surface area contributed by atoms with Gasteiger partial charge in [0.15, 0.2) is 11.4 Å². The monoisotopic (exact) mass is 406 g/mol. The molecule has 0 aromatic heterocycles. The Morgan fingerprint density at radius 1 is 1.29 bits per heavy atom. The molecule has 158 valence electrons. The molecule has 1 aliphatic rings. The molecule has 0 fully saturated rings. The number of alkyl halides is 3. The van der Waals surface area contributed by atoms with Gasteiger partial charge in [-0.3, -0.25) is 10.3 Å². The zero-order valence-electron chi connectivity index (χ0n) is 16.9. The van der Waals surface area contributed by atoms with E-state index in [0.717, 1.165) is 4.90 Å². The molecule has 0 aromatic rings. The van der Waals surface area contributed by atoms with Crippen molar-refractivity contribution < 1.29 is 37.6 Å². The van der Waals surface area contributed by atoms with E-state index in [1.807, 2.05) is 0 Å². The summed E-state index contributed by atoms with van der Waals surface area (Å²) in [6, 6.07) is -0.293. The molecule has 0 unspecified atom stereocenters. The minimum absolute atomic E-state index is 0.0323. The van der Waals surface area contributed by atoms with Crippen molar-refractivity contribution in [2.24, 2.45) is 0 Å². The summed E-state index contributed by atoms with van der Waals surface area (Å²) in [6.07, 6.45) is -5.15. The van der Waals surface area contributed by atoms with Gasteiger partial charge in [0.2, 0.25) is 0 Å². The summed E-state index contributed by atoms with van der Waals surface area (Å²) < 4.78 is 51.0. The highest BCUT2D eigenvalue weighted by Crippen LogP contribution is 2.34. The summed E-state index contributed by atoms with van der Waals surface area (Å²) in [7, 11) is 0. The van der Waals surface area contributed by atoms with Gasteiger partial charge < -0.3 is 14.8 Å². The highest BCUT2D eigenvalue weighted by molar-refractivity contribution is 6.42. The highest BCUT2D eigenvalue weighted by Gasteiger charge is 2.45. The first-order valence-corrected chi connectivity index (χ1v) is 8.80. The van der Waals surface area contributed by atoms with Crippen LogP contribution in [0.25, 0.3) is 0 Å². The number of nitrogens with one attached hydrogen (secondary N) is 1. The van der Waals surface area contributed by atoms with Crippen LogP contribution in [0.3, 0.4) is 0 Å². The highest BCUT2D eigenvalue weighted by atomic mass is 19.4. The van der Waals surface area contributed by atoms with Gasteiger partial charge in [-0.05, 0) is 41.5 Å². The molecule has 0 aliphatic carbocycles. The van der Waals surface area contributed by atoms with Crippen LogP contribution in [-0.2, 0) is 14.3 Å². The smallest absolute Gasteiger partial charge is 0.423 e. The molecule has 0 saturated carbocycles. The molecule has 0 saturated heterocycles. The lowest BCUT2D eigenvalue weighted by Gasteiger charge is -2.31. The number of allylic oxidation sites excluding steroid dienone is 1. The maximum Gasteiger partial charge on any atom is 0.423 e. The van der Waals surface area contributed by atoms with Crippen molar-refractivity contribution in [1.29, 1.82) is 5.41 Å². The topological polar surface area (TPSA) is 96.3 Å². The van der Waals surface area contributed by atoms with Gasteiger partial charge in [0, 0.05) is 6.20 Å². The third-order valence-electron chi connectivity index (χ3n) is 3.44. The molecule has 0 radical (unpaired) electrons. The summed E-state index contributed by atoms with van der Waals surface area (Å²) in [5.74, 6) is -1.06. The molecular weight excluding hydrogens is 379 g/mol. The van der Waals surface area contributed by atoms with Crippen molar-refractivity contribution in [1.82, 2.24) is 4.90 Å². The zero-order valence-corrected chi connectivity index (χ0v) is 16.9. The SMILES string of the molecule is CCOC(=O)C(=N)C1=C([NH2+]C(C)C)C(C(F)(F)F)=CN(C(=O)OC(C)(C)C)C1. The average Bonchev–Trinajstić information content (AvgIpc) is 2.51. The van der Waals surface area contributed by atoms with Gasteiger partial charge in [-0.2, -0.15) is 13.2 Å². The summed E-state index contributed by atoms with van der Waals surface area (Å²) >= 11 is 0. The largest absolute Gasteiger partial charge is 0.461 e. The Balaban J connectivity index is 3.49. The predicted molar refractivity (Wildman–Crippen MR) is 95.5 cm³/mol. The maximum absolute atomic E-state index is 13.7. The van der Waals surface area contributed by atoms with Gasteiger partial charge in [-0.25, -0.2) is 9.59 Å². The van der Waals surface area contributed by atoms with Crippen LogP contribution in [0.15, 0.2) is 23.0 Å². The number of amides is 1. The quantitative estimate of drug-likeness (QED) is 0.542. The number of quaternary nitrogens is 1. The van der Waals surface area contributed by atoms with Crippen molar-refractivity contribution >= 4 is 17.8 Å². The minimum Gasteiger partial charge on any atom is -0.461 e. The second-order valence-corrected chi connectivity index (χ2v) is 7.55. The van der Waals surface area contributed by atoms with Gasteiger partial charge in [0.05, 0.1) is 24.8 Å². The zero-order chi connectivity index (χ0) is 21.9. The van der Waals surface area contributed by atoms with Crippen LogP contribution in [0, 0.1) is 5.41 Å². The molecule has 28 heavy (non-hydrogen) atoms. The number of nitrogens with two attached hydrogens (primary N) is 1. The van der Waals surface area contributed by atoms with Crippen molar-refractivity contribution in [2.75, 3.05) is 13.2 Å². The van der Waals surface area contributed by atoms with E-state index in [4.69, 9.17) is 14.9 Å². The van der Waals surface area contributed by atoms with Crippen molar-refractivity contribution in [2.45, 2.75) is 59.4 Å². The number of nitrogens with zero attached hydrogens (tertiary/aromatic N) is 1. The van der Waals surface area contributed by atoms with E-state index < -0.39 is 41.7 Å². The molecule has 1 aliphatic heterocycles. The lowest BCUT2D eigenvalue weighted by atomic mass is 9.98. The summed E-state index contributed by atoms with van der Waals surface area (Å²) in [5, 5.41) is 9.36. The van der Waals surface area contributed by atoms with Crippen LogP contribution in [0.5, 0.6) is 0 Å². The van der Waals surface area contributed by atoms with E-state index in [2.05, 4.69) is 0 Å². The third-order valence-corrected chi connectivity index (χ3v) is 3.44. The molecular formula is C18H27F3N3O4+. The van der Waals surface area contributed by atoms with Crippen LogP contribution in [-0.4, -0.2) is 53.6 Å². The van der Waals surface area contributed by atoms with Crippen LogP contribution < -0.4 is 5.32 Å². The van der Waals surface area contributed by atoms with E-state index in [9.17, 15) is 22.8 Å². The predicted octanol–water partition coefficient (Wildman–Crippen LogP) is 2.49. The third kappa shape index (κ3) is 6.36. The molecule has 0 aromatic carbocycles. The molecule has 10 heteroatoms. The lowest BCUT2D eigenvalue weighted by Crippen LogP contribution is -2.88. The van der Waals surface area contributed by atoms with E-state index in [0.29, 0.717) is 6.20 Å².